The van der Waals surface area contributed by atoms with Gasteiger partial charge in [0, 0.05) is 39.5 Å². The van der Waals surface area contributed by atoms with Crippen molar-refractivity contribution in [2.75, 3.05) is 59.3 Å². The van der Waals surface area contributed by atoms with Crippen molar-refractivity contribution in [2.45, 2.75) is 60.8 Å². The van der Waals surface area contributed by atoms with Crippen LogP contribution in [-0.2, 0) is 14.2 Å². The molecule has 0 aromatic heterocycles. The second-order valence-electron chi connectivity index (χ2n) is 8.23. The van der Waals surface area contributed by atoms with Gasteiger partial charge in [0.2, 0.25) is 0 Å². The highest BCUT2D eigenvalue weighted by Crippen LogP contribution is 2.02. The maximum Gasteiger partial charge on any atom is 0.0593 e. The SMILES string of the molecule is CC(C)CCOCCN(CCOCCC(C)C)CCOCCC(C)C. The topological polar surface area (TPSA) is 30.9 Å². The van der Waals surface area contributed by atoms with Crippen LogP contribution < -0.4 is 0 Å². The Bertz CT molecular complexity index is 227. The van der Waals surface area contributed by atoms with Gasteiger partial charge in [0.15, 0.2) is 0 Å². The van der Waals surface area contributed by atoms with Gasteiger partial charge >= 0.3 is 0 Å². The Balaban J connectivity index is 3.87. The molecule has 0 rings (SSSR count). The molecule has 0 heterocycles. The lowest BCUT2D eigenvalue weighted by atomic mass is 10.1. The zero-order chi connectivity index (χ0) is 18.9. The fraction of sp³-hybridized carbons (Fsp3) is 1.00. The Kier molecular flexibility index (Phi) is 17.2. The zero-order valence-corrected chi connectivity index (χ0v) is 17.9. The Labute approximate surface area is 157 Å². The van der Waals surface area contributed by atoms with Gasteiger partial charge in [0.05, 0.1) is 19.8 Å². The lowest BCUT2D eigenvalue weighted by molar-refractivity contribution is 0.0474. The summed E-state index contributed by atoms with van der Waals surface area (Å²) in [6.45, 7) is 21.3. The van der Waals surface area contributed by atoms with Gasteiger partial charge in [-0.1, -0.05) is 41.5 Å². The van der Waals surface area contributed by atoms with Crippen molar-refractivity contribution in [1.82, 2.24) is 4.90 Å². The normalized spacial score (nSPS) is 12.2. The van der Waals surface area contributed by atoms with Crippen LogP contribution in [0.15, 0.2) is 0 Å². The van der Waals surface area contributed by atoms with Crippen molar-refractivity contribution in [3.63, 3.8) is 0 Å². The lowest BCUT2D eigenvalue weighted by Crippen LogP contribution is -2.34. The Morgan fingerprint density at radius 3 is 1.00 bits per heavy atom. The summed E-state index contributed by atoms with van der Waals surface area (Å²) in [5, 5.41) is 0. The molecule has 0 aliphatic carbocycles. The fourth-order valence-corrected chi connectivity index (χ4v) is 2.18. The van der Waals surface area contributed by atoms with E-state index in [0.717, 1.165) is 78.5 Å². The molecule has 0 N–H and O–H groups in total. The zero-order valence-electron chi connectivity index (χ0n) is 17.9. The third-order valence-electron chi connectivity index (χ3n) is 4.17. The van der Waals surface area contributed by atoms with Gasteiger partial charge in [-0.25, -0.2) is 0 Å². The van der Waals surface area contributed by atoms with Crippen LogP contribution in [0.4, 0.5) is 0 Å². The molecule has 0 aliphatic rings. The Hall–Kier alpha value is -0.160. The van der Waals surface area contributed by atoms with Crippen LogP contribution in [0.3, 0.4) is 0 Å². The number of nitrogens with zero attached hydrogens (tertiary/aromatic N) is 1. The molecule has 4 heteroatoms. The highest BCUT2D eigenvalue weighted by atomic mass is 16.5. The summed E-state index contributed by atoms with van der Waals surface area (Å²) >= 11 is 0. The number of ether oxygens (including phenoxy) is 3. The molecule has 152 valence electrons. The molecule has 0 fully saturated rings. The standard InChI is InChI=1S/C21H45NO3/c1-19(2)7-13-23-16-10-22(11-17-24-14-8-20(3)4)12-18-25-15-9-21(5)6/h19-21H,7-18H2,1-6H3. The maximum atomic E-state index is 5.77. The van der Waals surface area contributed by atoms with Crippen LogP contribution in [0.5, 0.6) is 0 Å². The third-order valence-corrected chi connectivity index (χ3v) is 4.17. The lowest BCUT2D eigenvalue weighted by Gasteiger charge is -2.22. The first kappa shape index (κ1) is 24.8. The van der Waals surface area contributed by atoms with Gasteiger partial charge in [-0.3, -0.25) is 4.90 Å². The Morgan fingerprint density at radius 2 is 0.760 bits per heavy atom. The van der Waals surface area contributed by atoms with Gasteiger partial charge < -0.3 is 14.2 Å². The number of hydrogen-bond donors (Lipinski definition) is 0. The van der Waals surface area contributed by atoms with E-state index in [4.69, 9.17) is 14.2 Å². The summed E-state index contributed by atoms with van der Waals surface area (Å²) in [5.74, 6) is 2.12. The van der Waals surface area contributed by atoms with Crippen LogP contribution in [0.25, 0.3) is 0 Å². The van der Waals surface area contributed by atoms with E-state index in [1.54, 1.807) is 0 Å². The van der Waals surface area contributed by atoms with Crippen LogP contribution in [-0.4, -0.2) is 64.2 Å². The first-order valence-electron chi connectivity index (χ1n) is 10.4. The molecule has 4 nitrogen and oxygen atoms in total. The molecule has 0 radical (unpaired) electrons. The van der Waals surface area contributed by atoms with Crippen molar-refractivity contribution in [1.29, 1.82) is 0 Å². The molecule has 0 unspecified atom stereocenters. The highest BCUT2D eigenvalue weighted by Gasteiger charge is 2.06. The average Bonchev–Trinajstić information content (AvgIpc) is 2.52. The first-order valence-corrected chi connectivity index (χ1v) is 10.4. The summed E-state index contributed by atoms with van der Waals surface area (Å²) in [6, 6.07) is 0. The molecular formula is C21H45NO3. The van der Waals surface area contributed by atoms with E-state index in [9.17, 15) is 0 Å². The summed E-state index contributed by atoms with van der Waals surface area (Å²) in [4.78, 5) is 2.40. The minimum atomic E-state index is 0.708. The number of rotatable bonds is 18. The summed E-state index contributed by atoms with van der Waals surface area (Å²) in [5.41, 5.74) is 0. The highest BCUT2D eigenvalue weighted by molar-refractivity contribution is 4.58. The summed E-state index contributed by atoms with van der Waals surface area (Å²) < 4.78 is 17.3. The molecular weight excluding hydrogens is 314 g/mol. The van der Waals surface area contributed by atoms with Gasteiger partial charge in [0.25, 0.3) is 0 Å². The van der Waals surface area contributed by atoms with Crippen molar-refractivity contribution < 1.29 is 14.2 Å². The summed E-state index contributed by atoms with van der Waals surface area (Å²) in [7, 11) is 0. The van der Waals surface area contributed by atoms with Crippen molar-refractivity contribution in [3.8, 4) is 0 Å². The van der Waals surface area contributed by atoms with Crippen molar-refractivity contribution in [2.24, 2.45) is 17.8 Å². The largest absolute Gasteiger partial charge is 0.380 e. The molecule has 0 aromatic carbocycles. The van der Waals surface area contributed by atoms with Crippen LogP contribution >= 0.6 is 0 Å². The second-order valence-corrected chi connectivity index (χ2v) is 8.23. The van der Waals surface area contributed by atoms with E-state index in [1.807, 2.05) is 0 Å². The van der Waals surface area contributed by atoms with E-state index in [0.29, 0.717) is 17.8 Å². The smallest absolute Gasteiger partial charge is 0.0593 e. The maximum absolute atomic E-state index is 5.77. The molecule has 0 bridgehead atoms. The van der Waals surface area contributed by atoms with Crippen LogP contribution in [0, 0.1) is 17.8 Å². The molecule has 0 aliphatic heterocycles. The van der Waals surface area contributed by atoms with E-state index >= 15 is 0 Å². The minimum Gasteiger partial charge on any atom is -0.380 e. The van der Waals surface area contributed by atoms with Gasteiger partial charge in [-0.15, -0.1) is 0 Å². The summed E-state index contributed by atoms with van der Waals surface area (Å²) in [6.07, 6.45) is 3.41. The van der Waals surface area contributed by atoms with Crippen LogP contribution in [0.1, 0.15) is 60.8 Å². The molecule has 0 saturated heterocycles. The van der Waals surface area contributed by atoms with E-state index < -0.39 is 0 Å². The van der Waals surface area contributed by atoms with Crippen LogP contribution in [0.2, 0.25) is 0 Å². The molecule has 0 aromatic rings. The quantitative estimate of drug-likeness (QED) is 0.338. The monoisotopic (exact) mass is 359 g/mol. The molecule has 0 amide bonds. The molecule has 25 heavy (non-hydrogen) atoms. The van der Waals surface area contributed by atoms with Crippen molar-refractivity contribution >= 4 is 0 Å². The second kappa shape index (κ2) is 17.3. The van der Waals surface area contributed by atoms with Gasteiger partial charge in [-0.05, 0) is 37.0 Å². The van der Waals surface area contributed by atoms with Crippen molar-refractivity contribution in [3.05, 3.63) is 0 Å². The first-order chi connectivity index (χ1) is 11.9. The predicted molar refractivity (Wildman–Crippen MR) is 107 cm³/mol. The average molecular weight is 360 g/mol. The fourth-order valence-electron chi connectivity index (χ4n) is 2.18. The van der Waals surface area contributed by atoms with Gasteiger partial charge in [0.1, 0.15) is 0 Å². The molecule has 0 spiro atoms. The predicted octanol–water partition coefficient (Wildman–Crippen LogP) is 4.48. The van der Waals surface area contributed by atoms with E-state index in [2.05, 4.69) is 46.4 Å². The minimum absolute atomic E-state index is 0.708. The Morgan fingerprint density at radius 1 is 0.480 bits per heavy atom. The number of hydrogen-bond acceptors (Lipinski definition) is 4. The van der Waals surface area contributed by atoms with Gasteiger partial charge in [-0.2, -0.15) is 0 Å². The van der Waals surface area contributed by atoms with E-state index in [-0.39, 0.29) is 0 Å². The van der Waals surface area contributed by atoms with E-state index in [1.165, 1.54) is 0 Å². The molecule has 0 saturated carbocycles. The third kappa shape index (κ3) is 20.0. The molecule has 0 atom stereocenters.